The van der Waals surface area contributed by atoms with Crippen LogP contribution in [-0.4, -0.2) is 18.9 Å². The van der Waals surface area contributed by atoms with E-state index in [1.54, 1.807) is 6.92 Å². The molecule has 1 heterocycles. The van der Waals surface area contributed by atoms with Crippen molar-refractivity contribution in [3.63, 3.8) is 0 Å². The number of hydrogen-bond acceptors (Lipinski definition) is 3. The number of ketones is 1. The predicted octanol–water partition coefficient (Wildman–Crippen LogP) is 2.65. The maximum atomic E-state index is 11.1. The minimum atomic E-state index is -0.280. The second-order valence-corrected chi connectivity index (χ2v) is 3.49. The van der Waals surface area contributed by atoms with E-state index in [4.69, 9.17) is 4.74 Å². The van der Waals surface area contributed by atoms with Crippen LogP contribution in [0.5, 0.6) is 5.75 Å². The van der Waals surface area contributed by atoms with Crippen LogP contribution in [-0.2, 0) is 11.2 Å². The van der Waals surface area contributed by atoms with Gasteiger partial charge in [0.2, 0.25) is 0 Å². The minimum absolute atomic E-state index is 0.0900. The van der Waals surface area contributed by atoms with Gasteiger partial charge in [-0.05, 0) is 25.1 Å². The standard InChI is InChI=1S/C11H13NO2.C2H6/c1-7(13)11-6-8-5-9(12-2)3-4-10(8)14-11;1-2/h3-5,11-12H,6H2,1-2H3;1-2H3/t11-;/m0./s1. The van der Waals surface area contributed by atoms with Gasteiger partial charge in [-0.1, -0.05) is 13.8 Å². The Labute approximate surface area is 96.8 Å². The van der Waals surface area contributed by atoms with Crippen molar-refractivity contribution in [3.8, 4) is 5.75 Å². The molecule has 0 bridgehead atoms. The van der Waals surface area contributed by atoms with E-state index < -0.39 is 0 Å². The molecule has 0 spiro atoms. The Balaban J connectivity index is 0.000000606. The number of rotatable bonds is 2. The first-order valence-corrected chi connectivity index (χ1v) is 5.68. The fraction of sp³-hybridized carbons (Fsp3) is 0.462. The maximum absolute atomic E-state index is 11.1. The number of fused-ring (bicyclic) bond motifs is 1. The molecular formula is C13H19NO2. The van der Waals surface area contributed by atoms with Gasteiger partial charge in [-0.2, -0.15) is 0 Å². The van der Waals surface area contributed by atoms with Crippen LogP contribution >= 0.6 is 0 Å². The van der Waals surface area contributed by atoms with Gasteiger partial charge in [0.05, 0.1) is 0 Å². The van der Waals surface area contributed by atoms with Crippen molar-refractivity contribution in [1.29, 1.82) is 0 Å². The second kappa shape index (κ2) is 5.54. The third kappa shape index (κ3) is 2.54. The topological polar surface area (TPSA) is 38.3 Å². The molecule has 1 aromatic rings. The Hall–Kier alpha value is -1.51. The molecule has 1 aromatic carbocycles. The Bertz CT molecular complexity index is 374. The zero-order valence-electron chi connectivity index (χ0n) is 10.3. The molecule has 16 heavy (non-hydrogen) atoms. The number of ether oxygens (including phenoxy) is 1. The number of carbonyl (C=O) groups excluding carboxylic acids is 1. The Morgan fingerprint density at radius 1 is 1.44 bits per heavy atom. The first kappa shape index (κ1) is 12.6. The number of carbonyl (C=O) groups is 1. The van der Waals surface area contributed by atoms with Gasteiger partial charge in [0.1, 0.15) is 5.75 Å². The smallest absolute Gasteiger partial charge is 0.170 e. The quantitative estimate of drug-likeness (QED) is 0.834. The Kier molecular flexibility index (Phi) is 4.35. The summed E-state index contributed by atoms with van der Waals surface area (Å²) < 4.78 is 5.49. The molecule has 0 fully saturated rings. The summed E-state index contributed by atoms with van der Waals surface area (Å²) in [4.78, 5) is 11.1. The number of Topliss-reactive ketones (excluding diaryl/α,β-unsaturated/α-hetero) is 1. The van der Waals surface area contributed by atoms with E-state index in [1.165, 1.54) is 0 Å². The SMILES string of the molecule is CC.CNc1ccc2c(c1)C[C@@H](C(C)=O)O2. The normalized spacial score (nSPS) is 16.6. The van der Waals surface area contributed by atoms with Crippen LogP contribution in [0.2, 0.25) is 0 Å². The third-order valence-corrected chi connectivity index (χ3v) is 2.48. The first-order chi connectivity index (χ1) is 7.70. The van der Waals surface area contributed by atoms with Crippen LogP contribution in [0.4, 0.5) is 5.69 Å². The third-order valence-electron chi connectivity index (χ3n) is 2.48. The van der Waals surface area contributed by atoms with E-state index >= 15 is 0 Å². The van der Waals surface area contributed by atoms with E-state index in [9.17, 15) is 4.79 Å². The molecule has 0 aliphatic carbocycles. The van der Waals surface area contributed by atoms with Gasteiger partial charge in [0.15, 0.2) is 11.9 Å². The Morgan fingerprint density at radius 2 is 2.12 bits per heavy atom. The number of nitrogens with one attached hydrogen (secondary N) is 1. The van der Waals surface area contributed by atoms with E-state index in [2.05, 4.69) is 5.32 Å². The molecule has 1 aliphatic heterocycles. The molecule has 0 unspecified atom stereocenters. The van der Waals surface area contributed by atoms with Crippen LogP contribution in [0.15, 0.2) is 18.2 Å². The van der Waals surface area contributed by atoms with E-state index in [-0.39, 0.29) is 11.9 Å². The van der Waals surface area contributed by atoms with Crippen molar-refractivity contribution >= 4 is 11.5 Å². The van der Waals surface area contributed by atoms with Crippen molar-refractivity contribution in [1.82, 2.24) is 0 Å². The lowest BCUT2D eigenvalue weighted by Crippen LogP contribution is -2.21. The van der Waals surface area contributed by atoms with Crippen LogP contribution in [0, 0.1) is 0 Å². The number of anilines is 1. The van der Waals surface area contributed by atoms with Gasteiger partial charge in [-0.3, -0.25) is 4.79 Å². The fourth-order valence-corrected chi connectivity index (χ4v) is 1.63. The van der Waals surface area contributed by atoms with Crippen molar-refractivity contribution < 1.29 is 9.53 Å². The molecule has 0 saturated carbocycles. The van der Waals surface area contributed by atoms with Gasteiger partial charge in [-0.25, -0.2) is 0 Å². The lowest BCUT2D eigenvalue weighted by molar-refractivity contribution is -0.122. The summed E-state index contributed by atoms with van der Waals surface area (Å²) in [6.45, 7) is 5.57. The molecule has 1 aliphatic rings. The first-order valence-electron chi connectivity index (χ1n) is 5.68. The molecule has 0 amide bonds. The summed E-state index contributed by atoms with van der Waals surface area (Å²) in [5, 5.41) is 3.06. The summed E-state index contributed by atoms with van der Waals surface area (Å²) in [5.41, 5.74) is 2.16. The van der Waals surface area contributed by atoms with Crippen molar-refractivity contribution in [3.05, 3.63) is 23.8 Å². The summed E-state index contributed by atoms with van der Waals surface area (Å²) in [6, 6.07) is 5.88. The van der Waals surface area contributed by atoms with E-state index in [0.717, 1.165) is 17.0 Å². The molecule has 3 heteroatoms. The van der Waals surface area contributed by atoms with E-state index in [0.29, 0.717) is 6.42 Å². The summed E-state index contributed by atoms with van der Waals surface area (Å²) >= 11 is 0. The molecule has 0 radical (unpaired) electrons. The highest BCUT2D eigenvalue weighted by Gasteiger charge is 2.26. The average molecular weight is 221 g/mol. The van der Waals surface area contributed by atoms with Gasteiger partial charge < -0.3 is 10.1 Å². The molecule has 2 rings (SSSR count). The van der Waals surface area contributed by atoms with Crippen LogP contribution in [0.1, 0.15) is 26.3 Å². The maximum Gasteiger partial charge on any atom is 0.170 e. The van der Waals surface area contributed by atoms with Gasteiger partial charge >= 0.3 is 0 Å². The van der Waals surface area contributed by atoms with Crippen molar-refractivity contribution in [2.75, 3.05) is 12.4 Å². The van der Waals surface area contributed by atoms with Gasteiger partial charge in [0, 0.05) is 24.7 Å². The van der Waals surface area contributed by atoms with Gasteiger partial charge in [0.25, 0.3) is 0 Å². The lowest BCUT2D eigenvalue weighted by Gasteiger charge is -2.05. The second-order valence-electron chi connectivity index (χ2n) is 3.49. The molecule has 0 saturated heterocycles. The molecule has 1 N–H and O–H groups in total. The summed E-state index contributed by atoms with van der Waals surface area (Å²) in [5.74, 6) is 0.927. The zero-order valence-corrected chi connectivity index (χ0v) is 10.3. The largest absolute Gasteiger partial charge is 0.482 e. The lowest BCUT2D eigenvalue weighted by atomic mass is 10.1. The van der Waals surface area contributed by atoms with Crippen LogP contribution in [0.25, 0.3) is 0 Å². The summed E-state index contributed by atoms with van der Waals surface area (Å²) in [7, 11) is 1.87. The van der Waals surface area contributed by atoms with E-state index in [1.807, 2.05) is 39.1 Å². The molecule has 0 aromatic heterocycles. The van der Waals surface area contributed by atoms with Crippen molar-refractivity contribution in [2.24, 2.45) is 0 Å². The van der Waals surface area contributed by atoms with Crippen LogP contribution < -0.4 is 10.1 Å². The average Bonchev–Trinajstić information content (AvgIpc) is 2.74. The Morgan fingerprint density at radius 3 is 2.69 bits per heavy atom. The highest BCUT2D eigenvalue weighted by molar-refractivity contribution is 5.82. The van der Waals surface area contributed by atoms with Crippen LogP contribution in [0.3, 0.4) is 0 Å². The monoisotopic (exact) mass is 221 g/mol. The number of benzene rings is 1. The molecule has 88 valence electrons. The highest BCUT2D eigenvalue weighted by atomic mass is 16.5. The predicted molar refractivity (Wildman–Crippen MR) is 66.1 cm³/mol. The zero-order chi connectivity index (χ0) is 12.1. The highest BCUT2D eigenvalue weighted by Crippen LogP contribution is 2.31. The molecule has 3 nitrogen and oxygen atoms in total. The fourth-order valence-electron chi connectivity index (χ4n) is 1.63. The number of hydrogen-bond donors (Lipinski definition) is 1. The summed E-state index contributed by atoms with van der Waals surface area (Å²) in [6.07, 6.45) is 0.414. The molecule has 1 atom stereocenters. The van der Waals surface area contributed by atoms with Gasteiger partial charge in [-0.15, -0.1) is 0 Å². The minimum Gasteiger partial charge on any atom is -0.482 e. The van der Waals surface area contributed by atoms with Crippen molar-refractivity contribution in [2.45, 2.75) is 33.3 Å². The molecular weight excluding hydrogens is 202 g/mol.